The number of nitrogens with one attached hydrogen (secondary N) is 1. The number of pyridine rings is 2. The normalized spacial score (nSPS) is 9.04. The Labute approximate surface area is 196 Å². The minimum atomic E-state index is 0. The van der Waals surface area contributed by atoms with Gasteiger partial charge >= 0.3 is 0 Å². The van der Waals surface area contributed by atoms with Crippen molar-refractivity contribution in [3.63, 3.8) is 0 Å². The topological polar surface area (TPSA) is 47.0 Å². The molecule has 0 atom stereocenters. The average Bonchev–Trinajstić information content (AvgIpc) is 2.47. The minimum absolute atomic E-state index is 0. The Morgan fingerprint density at radius 1 is 0.875 bits per heavy atom. The van der Waals surface area contributed by atoms with Gasteiger partial charge in [-0.25, -0.2) is 39.0 Å². The first-order valence-corrected chi connectivity index (χ1v) is 7.08. The van der Waals surface area contributed by atoms with Crippen LogP contribution in [0.5, 0.6) is 0 Å². The van der Waals surface area contributed by atoms with Gasteiger partial charge in [-0.3, -0.25) is 4.98 Å². The first-order valence-electron chi connectivity index (χ1n) is 7.08. The molecule has 0 aliphatic rings. The van der Waals surface area contributed by atoms with Crippen molar-refractivity contribution in [1.82, 2.24) is 15.3 Å². The van der Waals surface area contributed by atoms with Gasteiger partial charge in [-0.15, -0.1) is 23.1 Å². The van der Waals surface area contributed by atoms with Crippen molar-refractivity contribution in [2.45, 2.75) is 6.54 Å². The van der Waals surface area contributed by atoms with Crippen molar-refractivity contribution in [3.05, 3.63) is 86.9 Å². The predicted molar refractivity (Wildman–Crippen MR) is 89.7 cm³/mol. The maximum Gasteiger partial charge on any atom is 0.0555 e. The fourth-order valence-electron chi connectivity index (χ4n) is 1.62. The molecule has 1 N–H and O–H groups in total. The van der Waals surface area contributed by atoms with Crippen molar-refractivity contribution in [3.8, 4) is 0 Å². The zero-order chi connectivity index (χ0) is 16.2. The first-order chi connectivity index (χ1) is 10.6. The Bertz CT molecular complexity index is 536. The Balaban J connectivity index is 0. The fraction of sp³-hybridized carbons (Fsp3) is 0.222. The van der Waals surface area contributed by atoms with Crippen LogP contribution in [0.3, 0.4) is 0 Å². The standard InChI is InChI=1S/C11H16N2O.C7H7N.2Y/c1-3-14-8-7-12-9-11-6-4-5-10(2)13-11;1-6-4-3-5-7(2)8-6;;/h4-6,12H,1-3,7-9H2;3-5H,1-2H2;;/q2*-2;;. The van der Waals surface area contributed by atoms with E-state index in [1.807, 2.05) is 36.4 Å². The molecule has 0 amide bonds. The van der Waals surface area contributed by atoms with E-state index in [0.717, 1.165) is 35.9 Å². The quantitative estimate of drug-likeness (QED) is 0.516. The number of nitrogens with zero attached hydrogens (tertiary/aromatic N) is 2. The maximum atomic E-state index is 5.09. The van der Waals surface area contributed by atoms with Crippen LogP contribution in [0, 0.1) is 27.7 Å². The molecule has 2 aromatic rings. The van der Waals surface area contributed by atoms with E-state index in [1.165, 1.54) is 0 Å². The summed E-state index contributed by atoms with van der Waals surface area (Å²) >= 11 is 0. The van der Waals surface area contributed by atoms with E-state index in [1.54, 1.807) is 0 Å². The minimum Gasteiger partial charge on any atom is -0.412 e. The molecule has 4 nitrogen and oxygen atoms in total. The van der Waals surface area contributed by atoms with Gasteiger partial charge in [0.2, 0.25) is 0 Å². The van der Waals surface area contributed by atoms with Crippen molar-refractivity contribution >= 4 is 0 Å². The molecule has 0 aromatic carbocycles. The molecular formula is C18H23N3OY2-4. The Morgan fingerprint density at radius 2 is 1.42 bits per heavy atom. The number of ether oxygens (including phenoxy) is 1. The van der Waals surface area contributed by atoms with Gasteiger partial charge in [-0.1, -0.05) is 12.7 Å². The van der Waals surface area contributed by atoms with E-state index in [9.17, 15) is 0 Å². The third-order valence-electron chi connectivity index (χ3n) is 2.60. The predicted octanol–water partition coefficient (Wildman–Crippen LogP) is 2.65. The van der Waals surface area contributed by atoms with Gasteiger partial charge in [-0.05, 0) is 0 Å². The van der Waals surface area contributed by atoms with Crippen LogP contribution in [0.25, 0.3) is 0 Å². The van der Waals surface area contributed by atoms with Gasteiger partial charge in [0.1, 0.15) is 0 Å². The molecular weight excluding hydrogens is 452 g/mol. The Kier molecular flexibility index (Phi) is 18.1. The van der Waals surface area contributed by atoms with Crippen LogP contribution < -0.4 is 5.32 Å². The number of hydrogen-bond donors (Lipinski definition) is 1. The summed E-state index contributed by atoms with van der Waals surface area (Å²) in [6.07, 6.45) is 0. The van der Waals surface area contributed by atoms with E-state index in [4.69, 9.17) is 4.74 Å². The monoisotopic (exact) mass is 475 g/mol. The SMILES string of the molecule is [CH2-]COCCNCc1cccc([CH2-])n1.[CH2-]c1cccc([CH2-])n1.[Y].[Y]. The summed E-state index contributed by atoms with van der Waals surface area (Å²) in [6.45, 7) is 17.4. The first kappa shape index (κ1) is 26.3. The van der Waals surface area contributed by atoms with Gasteiger partial charge in [0.05, 0.1) is 6.61 Å². The van der Waals surface area contributed by atoms with Gasteiger partial charge < -0.3 is 22.0 Å². The van der Waals surface area contributed by atoms with Crippen LogP contribution in [0.2, 0.25) is 0 Å². The maximum absolute atomic E-state index is 5.09. The summed E-state index contributed by atoms with van der Waals surface area (Å²) < 4.78 is 5.09. The molecule has 6 heteroatoms. The van der Waals surface area contributed by atoms with Gasteiger partial charge in [0.25, 0.3) is 0 Å². The molecule has 0 aliphatic heterocycles. The second-order valence-electron chi connectivity index (χ2n) is 4.53. The van der Waals surface area contributed by atoms with Crippen molar-refractivity contribution in [2.75, 3.05) is 19.8 Å². The molecule has 0 unspecified atom stereocenters. The third kappa shape index (κ3) is 13.3. The van der Waals surface area contributed by atoms with Crippen LogP contribution in [0.15, 0.2) is 36.4 Å². The third-order valence-corrected chi connectivity index (χ3v) is 2.60. The molecule has 0 saturated carbocycles. The van der Waals surface area contributed by atoms with Crippen LogP contribution in [-0.4, -0.2) is 29.7 Å². The van der Waals surface area contributed by atoms with Crippen molar-refractivity contribution in [2.24, 2.45) is 0 Å². The van der Waals surface area contributed by atoms with E-state index >= 15 is 0 Å². The van der Waals surface area contributed by atoms with E-state index in [-0.39, 0.29) is 65.4 Å². The summed E-state index contributed by atoms with van der Waals surface area (Å²) in [5.41, 5.74) is 3.36. The molecule has 2 radical (unpaired) electrons. The van der Waals surface area contributed by atoms with Crippen molar-refractivity contribution < 1.29 is 70.2 Å². The molecule has 2 heterocycles. The number of aromatic nitrogens is 2. The smallest absolute Gasteiger partial charge is 0.0555 e. The van der Waals surface area contributed by atoms with Crippen LogP contribution in [-0.2, 0) is 76.7 Å². The molecule has 0 aliphatic carbocycles. The van der Waals surface area contributed by atoms with E-state index in [0.29, 0.717) is 13.2 Å². The number of rotatable bonds is 6. The second-order valence-corrected chi connectivity index (χ2v) is 4.53. The summed E-state index contributed by atoms with van der Waals surface area (Å²) in [6, 6.07) is 11.4. The summed E-state index contributed by atoms with van der Waals surface area (Å²) in [7, 11) is 0. The molecule has 0 fully saturated rings. The Morgan fingerprint density at radius 3 is 1.88 bits per heavy atom. The van der Waals surface area contributed by atoms with Gasteiger partial charge in [0, 0.05) is 84.2 Å². The van der Waals surface area contributed by atoms with Gasteiger partial charge in [-0.2, -0.15) is 6.07 Å². The number of hydrogen-bond acceptors (Lipinski definition) is 4. The Hall–Kier alpha value is 0.0378. The second kappa shape index (κ2) is 16.5. The molecule has 0 saturated heterocycles. The molecule has 0 spiro atoms. The summed E-state index contributed by atoms with van der Waals surface area (Å²) in [4.78, 5) is 8.22. The van der Waals surface area contributed by atoms with Crippen LogP contribution >= 0.6 is 0 Å². The van der Waals surface area contributed by atoms with Crippen LogP contribution in [0.4, 0.5) is 0 Å². The average molecular weight is 475 g/mol. The molecule has 2 aromatic heterocycles. The van der Waals surface area contributed by atoms with Crippen LogP contribution in [0.1, 0.15) is 22.8 Å². The van der Waals surface area contributed by atoms with E-state index in [2.05, 4.69) is 43.0 Å². The zero-order valence-electron chi connectivity index (χ0n) is 14.1. The van der Waals surface area contributed by atoms with Gasteiger partial charge in [0.15, 0.2) is 0 Å². The summed E-state index contributed by atoms with van der Waals surface area (Å²) in [5.74, 6) is 0. The van der Waals surface area contributed by atoms with E-state index < -0.39 is 0 Å². The molecule has 24 heavy (non-hydrogen) atoms. The fourth-order valence-corrected chi connectivity index (χ4v) is 1.62. The zero-order valence-corrected chi connectivity index (χ0v) is 19.8. The largest absolute Gasteiger partial charge is 0.412 e. The van der Waals surface area contributed by atoms with Crippen molar-refractivity contribution in [1.29, 1.82) is 0 Å². The molecule has 2 rings (SSSR count). The molecule has 0 bridgehead atoms. The summed E-state index contributed by atoms with van der Waals surface area (Å²) in [5, 5.41) is 3.22. The molecule has 126 valence electrons.